The maximum absolute atomic E-state index is 12.7. The lowest BCUT2D eigenvalue weighted by atomic mass is 9.92. The van der Waals surface area contributed by atoms with Gasteiger partial charge in [0.1, 0.15) is 0 Å². The SMILES string of the molecule is CCc1cc2cc(Nc3ccc(S(=O)(=O)NCCN4CCCC4)cc3)ccc2cc1-c1ccccc1C. The van der Waals surface area contributed by atoms with Crippen LogP contribution in [0.2, 0.25) is 0 Å². The zero-order valence-electron chi connectivity index (χ0n) is 21.6. The molecule has 0 amide bonds. The molecule has 1 aliphatic heterocycles. The van der Waals surface area contributed by atoms with Crippen LogP contribution in [-0.4, -0.2) is 39.5 Å². The molecular weight excluding hydrogens is 478 g/mol. The van der Waals surface area contributed by atoms with E-state index in [1.165, 1.54) is 45.9 Å². The first-order valence-electron chi connectivity index (χ1n) is 13.1. The lowest BCUT2D eigenvalue weighted by molar-refractivity contribution is 0.344. The van der Waals surface area contributed by atoms with Gasteiger partial charge in [0.05, 0.1) is 4.90 Å². The first kappa shape index (κ1) is 25.5. The Kier molecular flexibility index (Phi) is 7.60. The monoisotopic (exact) mass is 513 g/mol. The summed E-state index contributed by atoms with van der Waals surface area (Å²) in [6.45, 7) is 7.67. The van der Waals surface area contributed by atoms with Crippen molar-refractivity contribution in [3.8, 4) is 11.1 Å². The number of anilines is 2. The van der Waals surface area contributed by atoms with Crippen molar-refractivity contribution < 1.29 is 8.42 Å². The number of fused-ring (bicyclic) bond motifs is 1. The average molecular weight is 514 g/mol. The van der Waals surface area contributed by atoms with E-state index in [0.29, 0.717) is 6.54 Å². The van der Waals surface area contributed by atoms with Crippen LogP contribution in [0.5, 0.6) is 0 Å². The van der Waals surface area contributed by atoms with Crippen LogP contribution < -0.4 is 10.0 Å². The van der Waals surface area contributed by atoms with Gasteiger partial charge in [-0.25, -0.2) is 13.1 Å². The summed E-state index contributed by atoms with van der Waals surface area (Å²) in [7, 11) is -3.51. The molecule has 2 N–H and O–H groups in total. The predicted molar refractivity (Wildman–Crippen MR) is 154 cm³/mol. The van der Waals surface area contributed by atoms with Crippen LogP contribution in [-0.2, 0) is 16.4 Å². The van der Waals surface area contributed by atoms with Gasteiger partial charge in [-0.1, -0.05) is 43.3 Å². The Morgan fingerprint density at radius 2 is 1.54 bits per heavy atom. The standard InChI is InChI=1S/C31H35N3O2S/c1-3-24-20-26-21-28(11-10-25(26)22-31(24)30-9-5-4-8-23(30)2)33-27-12-14-29(15-13-27)37(35,36)32-16-19-34-17-6-7-18-34/h4-5,8-15,20-22,32-33H,3,6-7,16-19H2,1-2H3. The van der Waals surface area contributed by atoms with Crippen molar-refractivity contribution in [3.63, 3.8) is 0 Å². The molecule has 1 aliphatic rings. The predicted octanol–water partition coefficient (Wildman–Crippen LogP) is 6.50. The maximum atomic E-state index is 12.7. The number of likely N-dealkylation sites (tertiary alicyclic amines) is 1. The van der Waals surface area contributed by atoms with Gasteiger partial charge in [-0.15, -0.1) is 0 Å². The third-order valence-electron chi connectivity index (χ3n) is 7.25. The Labute approximate surface area is 220 Å². The van der Waals surface area contributed by atoms with Gasteiger partial charge < -0.3 is 10.2 Å². The topological polar surface area (TPSA) is 61.4 Å². The zero-order chi connectivity index (χ0) is 25.8. The highest BCUT2D eigenvalue weighted by atomic mass is 32.2. The number of aryl methyl sites for hydroxylation is 2. The van der Waals surface area contributed by atoms with Crippen LogP contribution >= 0.6 is 0 Å². The summed E-state index contributed by atoms with van der Waals surface area (Å²) in [6, 6.07) is 26.4. The van der Waals surface area contributed by atoms with Crippen molar-refractivity contribution in [1.29, 1.82) is 0 Å². The fourth-order valence-electron chi connectivity index (χ4n) is 5.15. The third kappa shape index (κ3) is 5.87. The summed E-state index contributed by atoms with van der Waals surface area (Å²) >= 11 is 0. The van der Waals surface area contributed by atoms with Gasteiger partial charge in [0, 0.05) is 24.5 Å². The number of nitrogens with zero attached hydrogens (tertiary/aromatic N) is 1. The fourth-order valence-corrected chi connectivity index (χ4v) is 6.17. The van der Waals surface area contributed by atoms with Crippen LogP contribution in [0.15, 0.2) is 83.8 Å². The highest BCUT2D eigenvalue weighted by molar-refractivity contribution is 7.89. The molecule has 5 nitrogen and oxygen atoms in total. The third-order valence-corrected chi connectivity index (χ3v) is 8.73. The summed E-state index contributed by atoms with van der Waals surface area (Å²) in [5.74, 6) is 0. The second kappa shape index (κ2) is 11.1. The molecule has 0 bridgehead atoms. The molecule has 0 aliphatic carbocycles. The van der Waals surface area contributed by atoms with Crippen molar-refractivity contribution >= 4 is 32.2 Å². The molecular formula is C31H35N3O2S. The number of hydrogen-bond donors (Lipinski definition) is 2. The summed E-state index contributed by atoms with van der Waals surface area (Å²) in [6.07, 6.45) is 3.36. The second-order valence-corrected chi connectivity index (χ2v) is 11.6. The van der Waals surface area contributed by atoms with E-state index in [2.05, 4.69) is 83.4 Å². The van der Waals surface area contributed by atoms with Gasteiger partial charge in [0.25, 0.3) is 0 Å². The van der Waals surface area contributed by atoms with Gasteiger partial charge in [-0.2, -0.15) is 0 Å². The number of hydrogen-bond acceptors (Lipinski definition) is 4. The number of rotatable bonds is 9. The highest BCUT2D eigenvalue weighted by Crippen LogP contribution is 2.33. The minimum atomic E-state index is -3.51. The van der Waals surface area contributed by atoms with Crippen LogP contribution in [0.3, 0.4) is 0 Å². The summed E-state index contributed by atoms with van der Waals surface area (Å²) in [4.78, 5) is 2.58. The zero-order valence-corrected chi connectivity index (χ0v) is 22.4. The number of sulfonamides is 1. The van der Waals surface area contributed by atoms with Crippen LogP contribution in [0.1, 0.15) is 30.9 Å². The molecule has 37 heavy (non-hydrogen) atoms. The van der Waals surface area contributed by atoms with E-state index in [1.54, 1.807) is 12.1 Å². The van der Waals surface area contributed by atoms with Crippen molar-refractivity contribution in [2.45, 2.75) is 38.0 Å². The van der Waals surface area contributed by atoms with Crippen LogP contribution in [0.25, 0.3) is 21.9 Å². The summed E-state index contributed by atoms with van der Waals surface area (Å²) < 4.78 is 28.1. The summed E-state index contributed by atoms with van der Waals surface area (Å²) in [5.41, 5.74) is 7.00. The molecule has 5 rings (SSSR count). The van der Waals surface area contributed by atoms with E-state index in [4.69, 9.17) is 0 Å². The molecule has 0 saturated carbocycles. The molecule has 6 heteroatoms. The summed E-state index contributed by atoms with van der Waals surface area (Å²) in [5, 5.41) is 5.80. The highest BCUT2D eigenvalue weighted by Gasteiger charge is 2.16. The molecule has 4 aromatic rings. The van der Waals surface area contributed by atoms with E-state index < -0.39 is 10.0 Å². The molecule has 4 aromatic carbocycles. The van der Waals surface area contributed by atoms with E-state index in [-0.39, 0.29) is 4.90 Å². The number of benzene rings is 4. The van der Waals surface area contributed by atoms with Gasteiger partial charge in [-0.05, 0) is 115 Å². The molecule has 0 unspecified atom stereocenters. The lowest BCUT2D eigenvalue weighted by Crippen LogP contribution is -2.33. The first-order chi connectivity index (χ1) is 17.9. The van der Waals surface area contributed by atoms with E-state index in [9.17, 15) is 8.42 Å². The van der Waals surface area contributed by atoms with Gasteiger partial charge in [0.2, 0.25) is 10.0 Å². The Hall–Kier alpha value is -3.19. The Bertz CT molecular complexity index is 1490. The molecule has 0 aromatic heterocycles. The van der Waals surface area contributed by atoms with Crippen LogP contribution in [0.4, 0.5) is 11.4 Å². The largest absolute Gasteiger partial charge is 0.356 e. The molecule has 1 saturated heterocycles. The van der Waals surface area contributed by atoms with Crippen LogP contribution in [0, 0.1) is 6.92 Å². The van der Waals surface area contributed by atoms with E-state index in [1.807, 2.05) is 12.1 Å². The van der Waals surface area contributed by atoms with Crippen molar-refractivity contribution in [2.75, 3.05) is 31.5 Å². The van der Waals surface area contributed by atoms with Crippen molar-refractivity contribution in [2.24, 2.45) is 0 Å². The normalized spacial score (nSPS) is 14.3. The lowest BCUT2D eigenvalue weighted by Gasteiger charge is -2.15. The second-order valence-electron chi connectivity index (χ2n) is 9.84. The first-order valence-corrected chi connectivity index (χ1v) is 14.6. The number of nitrogens with one attached hydrogen (secondary N) is 2. The minimum Gasteiger partial charge on any atom is -0.356 e. The molecule has 192 valence electrons. The average Bonchev–Trinajstić information content (AvgIpc) is 3.42. The Morgan fingerprint density at radius 3 is 2.27 bits per heavy atom. The van der Waals surface area contributed by atoms with Gasteiger partial charge >= 0.3 is 0 Å². The van der Waals surface area contributed by atoms with Gasteiger partial charge in [-0.3, -0.25) is 0 Å². The van der Waals surface area contributed by atoms with E-state index >= 15 is 0 Å². The Morgan fingerprint density at radius 1 is 0.811 bits per heavy atom. The molecule has 0 radical (unpaired) electrons. The molecule has 1 fully saturated rings. The quantitative estimate of drug-likeness (QED) is 0.268. The molecule has 0 atom stereocenters. The fraction of sp³-hybridized carbons (Fsp3) is 0.290. The van der Waals surface area contributed by atoms with Crippen molar-refractivity contribution in [1.82, 2.24) is 9.62 Å². The minimum absolute atomic E-state index is 0.286. The van der Waals surface area contributed by atoms with Gasteiger partial charge in [0.15, 0.2) is 0 Å². The molecule has 0 spiro atoms. The van der Waals surface area contributed by atoms with Crippen molar-refractivity contribution in [3.05, 3.63) is 90.0 Å². The molecule has 1 heterocycles. The Balaban J connectivity index is 1.30. The van der Waals surface area contributed by atoms with E-state index in [0.717, 1.165) is 37.4 Å². The maximum Gasteiger partial charge on any atom is 0.240 e. The smallest absolute Gasteiger partial charge is 0.240 e.